The normalized spacial score (nSPS) is 12.5. The van der Waals surface area contributed by atoms with Crippen molar-refractivity contribution in [2.24, 2.45) is 0 Å². The second-order valence-corrected chi connectivity index (χ2v) is 42.3. The highest BCUT2D eigenvalue weighted by Gasteiger charge is 2.49. The fraction of sp³-hybridized carbons (Fsp3) is 0.0690. The van der Waals surface area contributed by atoms with Gasteiger partial charge in [-0.1, -0.05) is 460 Å². The Morgan fingerprint density at radius 1 is 0.190 bits per heavy atom. The van der Waals surface area contributed by atoms with E-state index >= 15 is 0 Å². The monoisotopic (exact) mass is 1580 g/mol. The maximum Gasteiger partial charge on any atom is 0.252 e. The number of para-hydroxylation sites is 1. The van der Waals surface area contributed by atoms with Gasteiger partial charge in [0.15, 0.2) is 16.1 Å². The van der Waals surface area contributed by atoms with Crippen LogP contribution in [0, 0.1) is 0 Å². The molecule has 0 atom stereocenters. The molecule has 20 rings (SSSR count). The number of benzene rings is 18. The second-order valence-electron chi connectivity index (χ2n) is 34.6. The Morgan fingerprint density at radius 2 is 0.512 bits per heavy atom. The molecule has 18 aromatic rings. The average Bonchev–Trinajstić information content (AvgIpc) is 0.691. The van der Waals surface area contributed by atoms with Crippen LogP contribution < -0.4 is 67.7 Å². The Kier molecular flexibility index (Phi) is 19.7. The summed E-state index contributed by atoms with van der Waals surface area (Å²) < 4.78 is 0. The highest BCUT2D eigenvalue weighted by Crippen LogP contribution is 2.53. The topological polar surface area (TPSA) is 6.48 Å². The minimum atomic E-state index is -3.59. The van der Waals surface area contributed by atoms with Crippen molar-refractivity contribution in [3.05, 3.63) is 466 Å². The third kappa shape index (κ3) is 13.6. The maximum atomic E-state index is 2.75. The van der Waals surface area contributed by atoms with E-state index in [1.54, 1.807) is 0 Å². The molecule has 0 fully saturated rings. The van der Waals surface area contributed by atoms with Crippen molar-refractivity contribution in [2.75, 3.05) is 9.80 Å². The summed E-state index contributed by atoms with van der Waals surface area (Å²) in [6.45, 7) is 14.0. The molecule has 0 amide bonds. The van der Waals surface area contributed by atoms with Gasteiger partial charge in [-0.05, 0) is 177 Å². The lowest BCUT2D eigenvalue weighted by molar-refractivity contribution is 0.590. The lowest BCUT2D eigenvalue weighted by Crippen LogP contribution is -2.78. The van der Waals surface area contributed by atoms with Gasteiger partial charge in [0.05, 0.1) is 11.4 Å². The minimum Gasteiger partial charge on any atom is -0.311 e. The molecule has 0 aromatic heterocycles. The van der Waals surface area contributed by atoms with Gasteiger partial charge < -0.3 is 9.80 Å². The van der Waals surface area contributed by atoms with Crippen LogP contribution in [0.2, 0.25) is 0 Å². The van der Waals surface area contributed by atoms with Gasteiger partial charge in [0.25, 0.3) is 6.71 Å². The van der Waals surface area contributed by atoms with Crippen molar-refractivity contribution < 1.29 is 0 Å². The largest absolute Gasteiger partial charge is 0.311 e. The summed E-state index contributed by atoms with van der Waals surface area (Å²) in [6, 6.07) is 175. The highest BCUT2D eigenvalue weighted by atomic mass is 28.3. The van der Waals surface area contributed by atoms with Crippen LogP contribution in [0.3, 0.4) is 0 Å². The van der Waals surface area contributed by atoms with Gasteiger partial charge >= 0.3 is 0 Å². The van der Waals surface area contributed by atoms with Crippen molar-refractivity contribution in [1.29, 1.82) is 0 Å². The second kappa shape index (κ2) is 31.4. The van der Waals surface area contributed by atoms with Crippen LogP contribution in [0.5, 0.6) is 0 Å². The molecule has 2 heterocycles. The van der Waals surface area contributed by atoms with Crippen LogP contribution in [0.15, 0.2) is 455 Å². The van der Waals surface area contributed by atoms with Gasteiger partial charge in [-0.2, -0.15) is 0 Å². The zero-order valence-electron chi connectivity index (χ0n) is 69.3. The smallest absolute Gasteiger partial charge is 0.252 e. The van der Waals surface area contributed by atoms with E-state index in [2.05, 4.69) is 506 Å². The number of nitrogens with zero attached hydrogens (tertiary/aromatic N) is 2. The molecule has 0 N–H and O–H groups in total. The third-order valence-electron chi connectivity index (χ3n) is 25.4. The Bertz CT molecular complexity index is 6490. The Hall–Kier alpha value is -13.9. The van der Waals surface area contributed by atoms with Crippen LogP contribution >= 0.6 is 0 Å². The molecule has 2 nitrogen and oxygen atoms in total. The number of hydrogen-bond acceptors (Lipinski definition) is 2. The summed E-state index contributed by atoms with van der Waals surface area (Å²) in [6.07, 6.45) is 0. The van der Waals surface area contributed by atoms with Crippen LogP contribution in [0.25, 0.3) is 77.9 Å². The SMILES string of the molecule is CC(C)(C)c1ccc2c(c1)B1c3ccc(C(C)(C)C)cc3N(c3c(-c4ccccc4)cccc3-c3ccccc3)c3cc(-c4cc([Si](c5ccccc5)(c5ccccc5)c5cccc(-c6ccccc6)c5)cc([Si](c5ccccc5)(c5ccccc5)c5cccc(-c6ccccc6)c5)c4)cc(c31)N2c1ccc(-c2ccccc2)cc1-c1ccccc1. The molecule has 0 aliphatic carbocycles. The molecule has 18 aromatic carbocycles. The molecule has 0 radical (unpaired) electrons. The first-order valence-electron chi connectivity index (χ1n) is 42.6. The van der Waals surface area contributed by atoms with E-state index in [0.717, 1.165) is 84.2 Å². The molecular weight excluding hydrogens is 1490 g/mol. The molecule has 578 valence electrons. The Labute approximate surface area is 715 Å². The molecule has 121 heavy (non-hydrogen) atoms. The van der Waals surface area contributed by atoms with Gasteiger partial charge in [0, 0.05) is 39.4 Å². The quantitative estimate of drug-likeness (QED) is 0.0662. The van der Waals surface area contributed by atoms with Crippen molar-refractivity contribution in [3.8, 4) is 77.9 Å². The summed E-state index contributed by atoms with van der Waals surface area (Å²) in [5.41, 5.74) is 28.8. The predicted molar refractivity (Wildman–Crippen MR) is 523 cm³/mol. The van der Waals surface area contributed by atoms with Crippen LogP contribution in [-0.2, 0) is 10.8 Å². The number of fused-ring (bicyclic) bond motifs is 4. The van der Waals surface area contributed by atoms with E-state index in [-0.39, 0.29) is 17.5 Å². The van der Waals surface area contributed by atoms with Crippen molar-refractivity contribution in [3.63, 3.8) is 0 Å². The van der Waals surface area contributed by atoms with Gasteiger partial charge in [-0.3, -0.25) is 0 Å². The standard InChI is InChI=1S/C116H93BN2Si2/c1-115(2,3)93-68-71-109-107(79-93)117-106-69-67-94(116(4,5)6)80-110(106)119(114-103(85-46-23-10-24-47-85)64-39-65-104(114)86-48-25-11-26-49-86)112-78-92(77-111(113(112)117)118(109)108-70-66-90(84-44-21-9-22-45-84)76-105(108)87-50-27-12-28-51-87)91-74-101(120(95-54-29-13-30-55-95,96-56-31-14-32-57-96)99-62-37-52-88(72-99)82-40-17-7-18-41-82)81-102(75-91)121(97-58-33-15-34-59-97,98-60-35-16-36-61-98)100-63-38-53-89(73-100)83-42-19-8-20-43-83/h7-81H,1-6H3. The molecule has 5 heteroatoms. The number of hydrogen-bond donors (Lipinski definition) is 0. The van der Waals surface area contributed by atoms with Gasteiger partial charge in [0.2, 0.25) is 0 Å². The summed E-state index contributed by atoms with van der Waals surface area (Å²) in [4.78, 5) is 5.44. The van der Waals surface area contributed by atoms with Crippen molar-refractivity contribution in [2.45, 2.75) is 52.4 Å². The molecule has 2 aliphatic heterocycles. The lowest BCUT2D eigenvalue weighted by Gasteiger charge is -2.46. The van der Waals surface area contributed by atoms with E-state index in [4.69, 9.17) is 0 Å². The maximum absolute atomic E-state index is 3.59. The summed E-state index contributed by atoms with van der Waals surface area (Å²) in [7, 11) is -7.19. The zero-order valence-corrected chi connectivity index (χ0v) is 71.3. The van der Waals surface area contributed by atoms with Crippen molar-refractivity contribution >= 4 is 115 Å². The molecular formula is C116H93BN2Si2. The van der Waals surface area contributed by atoms with Crippen LogP contribution in [0.1, 0.15) is 52.7 Å². The molecule has 0 saturated carbocycles. The number of rotatable bonds is 17. The van der Waals surface area contributed by atoms with E-state index in [1.165, 1.54) is 96.8 Å². The zero-order chi connectivity index (χ0) is 81.8. The molecule has 0 bridgehead atoms. The fourth-order valence-electron chi connectivity index (χ4n) is 19.6. The Balaban J connectivity index is 1.00. The van der Waals surface area contributed by atoms with Gasteiger partial charge in [-0.15, -0.1) is 0 Å². The van der Waals surface area contributed by atoms with E-state index in [1.807, 2.05) is 0 Å². The minimum absolute atomic E-state index is 0.192. The van der Waals surface area contributed by atoms with Gasteiger partial charge in [0.1, 0.15) is 0 Å². The fourth-order valence-corrected chi connectivity index (χ4v) is 29.4. The van der Waals surface area contributed by atoms with Crippen molar-refractivity contribution in [1.82, 2.24) is 0 Å². The van der Waals surface area contributed by atoms with Gasteiger partial charge in [-0.25, -0.2) is 0 Å². The summed E-state index contributed by atoms with van der Waals surface area (Å²) in [5, 5.41) is 10.3. The predicted octanol–water partition coefficient (Wildman–Crippen LogP) is 22.8. The lowest BCUT2D eigenvalue weighted by atomic mass is 9.33. The molecule has 0 spiro atoms. The molecule has 2 aliphatic rings. The number of anilines is 6. The molecule has 0 unspecified atom stereocenters. The summed E-state index contributed by atoms with van der Waals surface area (Å²) in [5.74, 6) is 0. The first-order valence-corrected chi connectivity index (χ1v) is 46.6. The first-order chi connectivity index (χ1) is 59.3. The highest BCUT2D eigenvalue weighted by molar-refractivity contribution is 7.22. The average molecular weight is 1580 g/mol. The molecule has 0 saturated heterocycles. The first kappa shape index (κ1) is 75.8. The summed E-state index contributed by atoms with van der Waals surface area (Å²) >= 11 is 0. The van der Waals surface area contributed by atoms with Crippen LogP contribution in [-0.4, -0.2) is 22.9 Å². The van der Waals surface area contributed by atoms with Crippen LogP contribution in [0.4, 0.5) is 34.1 Å². The third-order valence-corrected chi connectivity index (χ3v) is 34.9. The van der Waals surface area contributed by atoms with E-state index in [9.17, 15) is 0 Å². The van der Waals surface area contributed by atoms with E-state index < -0.39 is 16.1 Å². The Morgan fingerprint density at radius 3 is 0.934 bits per heavy atom. The van der Waals surface area contributed by atoms with E-state index in [0.29, 0.717) is 0 Å².